The summed E-state index contributed by atoms with van der Waals surface area (Å²) in [6.45, 7) is 1.83. The van der Waals surface area contributed by atoms with E-state index in [-0.39, 0.29) is 0 Å². The summed E-state index contributed by atoms with van der Waals surface area (Å²) >= 11 is 6.15. The normalized spacial score (nSPS) is 11.2. The maximum atomic E-state index is 6.15. The number of nitrogens with zero attached hydrogens (tertiary/aromatic N) is 4. The smallest absolute Gasteiger partial charge is 0.185 e. The third kappa shape index (κ3) is 1.43. The first kappa shape index (κ1) is 10.3. The second-order valence-electron chi connectivity index (χ2n) is 3.68. The van der Waals surface area contributed by atoms with Crippen molar-refractivity contribution >= 4 is 28.0 Å². The second kappa shape index (κ2) is 3.56. The molecular formula is C11H9ClN4O. The van der Waals surface area contributed by atoms with E-state index < -0.39 is 0 Å². The average Bonchev–Trinajstić information content (AvgIpc) is 2.71. The molecule has 0 amide bonds. The van der Waals surface area contributed by atoms with E-state index in [1.807, 2.05) is 25.1 Å². The summed E-state index contributed by atoms with van der Waals surface area (Å²) in [6, 6.07) is 5.61. The third-order valence-corrected chi connectivity index (χ3v) is 2.95. The van der Waals surface area contributed by atoms with Gasteiger partial charge in [0, 0.05) is 10.8 Å². The highest BCUT2D eigenvalue weighted by Gasteiger charge is 2.11. The standard InChI is InChI=1S/C11H9ClN4O/c1-6-13-14-11-8-4-3-7(17-2)5-9(8)10(12)15-16(6)11/h3-5H,1-2H3. The molecule has 0 saturated carbocycles. The summed E-state index contributed by atoms with van der Waals surface area (Å²) in [4.78, 5) is 0. The van der Waals surface area contributed by atoms with Gasteiger partial charge >= 0.3 is 0 Å². The minimum absolute atomic E-state index is 0.411. The number of halogens is 1. The zero-order chi connectivity index (χ0) is 12.0. The zero-order valence-electron chi connectivity index (χ0n) is 9.31. The van der Waals surface area contributed by atoms with E-state index >= 15 is 0 Å². The van der Waals surface area contributed by atoms with Gasteiger partial charge in [-0.25, -0.2) is 0 Å². The summed E-state index contributed by atoms with van der Waals surface area (Å²) in [7, 11) is 1.61. The van der Waals surface area contributed by atoms with Crippen LogP contribution >= 0.6 is 11.6 Å². The predicted octanol–water partition coefficient (Wildman–Crippen LogP) is 2.25. The first-order valence-electron chi connectivity index (χ1n) is 5.06. The van der Waals surface area contributed by atoms with Gasteiger partial charge < -0.3 is 4.74 Å². The Hall–Kier alpha value is -1.88. The fraction of sp³-hybridized carbons (Fsp3) is 0.182. The molecule has 0 saturated heterocycles. The minimum atomic E-state index is 0.411. The molecule has 3 rings (SSSR count). The summed E-state index contributed by atoms with van der Waals surface area (Å²) in [5, 5.41) is 14.5. The molecule has 2 aromatic heterocycles. The number of hydrogen-bond acceptors (Lipinski definition) is 4. The van der Waals surface area contributed by atoms with Crippen molar-refractivity contribution in [3.63, 3.8) is 0 Å². The van der Waals surface area contributed by atoms with Gasteiger partial charge in [-0.1, -0.05) is 11.6 Å². The Kier molecular flexibility index (Phi) is 2.16. The minimum Gasteiger partial charge on any atom is -0.497 e. The van der Waals surface area contributed by atoms with E-state index in [0.717, 1.165) is 16.5 Å². The van der Waals surface area contributed by atoms with Crippen LogP contribution in [-0.4, -0.2) is 26.9 Å². The number of hydrogen-bond donors (Lipinski definition) is 0. The molecule has 17 heavy (non-hydrogen) atoms. The number of ether oxygens (including phenoxy) is 1. The highest BCUT2D eigenvalue weighted by Crippen LogP contribution is 2.28. The third-order valence-electron chi connectivity index (χ3n) is 2.67. The van der Waals surface area contributed by atoms with Crippen LogP contribution in [-0.2, 0) is 0 Å². The maximum absolute atomic E-state index is 6.15. The quantitative estimate of drug-likeness (QED) is 0.663. The lowest BCUT2D eigenvalue weighted by Crippen LogP contribution is -1.96. The van der Waals surface area contributed by atoms with Crippen LogP contribution in [0.15, 0.2) is 18.2 Å². The van der Waals surface area contributed by atoms with Gasteiger partial charge in [-0.05, 0) is 25.1 Å². The fourth-order valence-electron chi connectivity index (χ4n) is 1.80. The van der Waals surface area contributed by atoms with Crippen molar-refractivity contribution in [2.45, 2.75) is 6.92 Å². The van der Waals surface area contributed by atoms with E-state index in [4.69, 9.17) is 16.3 Å². The van der Waals surface area contributed by atoms with E-state index in [1.54, 1.807) is 11.6 Å². The van der Waals surface area contributed by atoms with E-state index in [9.17, 15) is 0 Å². The molecule has 0 unspecified atom stereocenters. The maximum Gasteiger partial charge on any atom is 0.185 e. The van der Waals surface area contributed by atoms with Crippen molar-refractivity contribution < 1.29 is 4.74 Å². The Bertz CT molecular complexity index is 722. The lowest BCUT2D eigenvalue weighted by atomic mass is 10.2. The van der Waals surface area contributed by atoms with Gasteiger partial charge in [0.1, 0.15) is 5.75 Å². The highest BCUT2D eigenvalue weighted by molar-refractivity contribution is 6.34. The second-order valence-corrected chi connectivity index (χ2v) is 4.04. The van der Waals surface area contributed by atoms with Gasteiger partial charge in [-0.2, -0.15) is 9.61 Å². The summed E-state index contributed by atoms with van der Waals surface area (Å²) in [6.07, 6.45) is 0. The molecule has 0 bridgehead atoms. The molecule has 0 fully saturated rings. The van der Waals surface area contributed by atoms with Crippen molar-refractivity contribution in [3.8, 4) is 5.75 Å². The Balaban J connectivity index is 2.49. The van der Waals surface area contributed by atoms with Gasteiger partial charge in [-0.3, -0.25) is 0 Å². The van der Waals surface area contributed by atoms with Crippen LogP contribution in [0.3, 0.4) is 0 Å². The number of aryl methyl sites for hydroxylation is 1. The van der Waals surface area contributed by atoms with Crippen molar-refractivity contribution in [1.82, 2.24) is 19.8 Å². The molecule has 0 aliphatic heterocycles. The zero-order valence-corrected chi connectivity index (χ0v) is 10.1. The number of aromatic nitrogens is 4. The number of methoxy groups -OCH3 is 1. The molecule has 2 heterocycles. The molecule has 86 valence electrons. The topological polar surface area (TPSA) is 52.3 Å². The first-order valence-corrected chi connectivity index (χ1v) is 5.44. The predicted molar refractivity (Wildman–Crippen MR) is 64.6 cm³/mol. The molecule has 6 heteroatoms. The van der Waals surface area contributed by atoms with Crippen LogP contribution in [0.2, 0.25) is 5.15 Å². The van der Waals surface area contributed by atoms with Gasteiger partial charge in [-0.15, -0.1) is 10.2 Å². The van der Waals surface area contributed by atoms with Gasteiger partial charge in [0.15, 0.2) is 16.6 Å². The Morgan fingerprint density at radius 1 is 1.24 bits per heavy atom. The summed E-state index contributed by atoms with van der Waals surface area (Å²) in [5.74, 6) is 1.45. The van der Waals surface area contributed by atoms with Crippen LogP contribution in [0.1, 0.15) is 5.82 Å². The van der Waals surface area contributed by atoms with Crippen molar-refractivity contribution in [2.75, 3.05) is 7.11 Å². The molecule has 0 spiro atoms. The van der Waals surface area contributed by atoms with Crippen LogP contribution in [0.4, 0.5) is 0 Å². The van der Waals surface area contributed by atoms with Crippen LogP contribution in [0.5, 0.6) is 5.75 Å². The van der Waals surface area contributed by atoms with Crippen LogP contribution < -0.4 is 4.74 Å². The lowest BCUT2D eigenvalue weighted by molar-refractivity contribution is 0.415. The monoisotopic (exact) mass is 248 g/mol. The Labute approximate surface area is 102 Å². The van der Waals surface area contributed by atoms with Gasteiger partial charge in [0.2, 0.25) is 0 Å². The molecule has 0 radical (unpaired) electrons. The largest absolute Gasteiger partial charge is 0.497 e. The van der Waals surface area contributed by atoms with Crippen molar-refractivity contribution in [1.29, 1.82) is 0 Å². The van der Waals surface area contributed by atoms with Crippen LogP contribution in [0.25, 0.3) is 16.4 Å². The van der Waals surface area contributed by atoms with Gasteiger partial charge in [0.25, 0.3) is 0 Å². The van der Waals surface area contributed by atoms with E-state index in [1.165, 1.54) is 0 Å². The molecule has 0 aliphatic carbocycles. The van der Waals surface area contributed by atoms with Crippen molar-refractivity contribution in [3.05, 3.63) is 29.2 Å². The number of rotatable bonds is 1. The van der Waals surface area contributed by atoms with Gasteiger partial charge in [0.05, 0.1) is 7.11 Å². The fourth-order valence-corrected chi connectivity index (χ4v) is 2.03. The number of benzene rings is 1. The molecular weight excluding hydrogens is 240 g/mol. The van der Waals surface area contributed by atoms with Crippen LogP contribution in [0, 0.1) is 6.92 Å². The Morgan fingerprint density at radius 2 is 2.06 bits per heavy atom. The van der Waals surface area contributed by atoms with E-state index in [0.29, 0.717) is 16.6 Å². The molecule has 1 aromatic carbocycles. The highest BCUT2D eigenvalue weighted by atomic mass is 35.5. The Morgan fingerprint density at radius 3 is 2.82 bits per heavy atom. The molecule has 0 N–H and O–H groups in total. The van der Waals surface area contributed by atoms with E-state index in [2.05, 4.69) is 15.3 Å². The molecule has 5 nitrogen and oxygen atoms in total. The average molecular weight is 249 g/mol. The molecule has 0 atom stereocenters. The van der Waals surface area contributed by atoms with Crippen molar-refractivity contribution in [2.24, 2.45) is 0 Å². The first-order chi connectivity index (χ1) is 8.20. The summed E-state index contributed by atoms with van der Waals surface area (Å²) in [5.41, 5.74) is 0.699. The summed E-state index contributed by atoms with van der Waals surface area (Å²) < 4.78 is 6.80. The number of fused-ring (bicyclic) bond motifs is 3. The SMILES string of the molecule is COc1ccc2c(c1)c(Cl)nn1c(C)nnc21. The lowest BCUT2D eigenvalue weighted by Gasteiger charge is -2.05. The molecule has 0 aliphatic rings. The molecule has 3 aromatic rings.